The minimum atomic E-state index is -1.06. The van der Waals surface area contributed by atoms with E-state index in [2.05, 4.69) is 21.6 Å². The van der Waals surface area contributed by atoms with Crippen molar-refractivity contribution in [3.63, 3.8) is 0 Å². The lowest BCUT2D eigenvalue weighted by atomic mass is 10.1. The van der Waals surface area contributed by atoms with Crippen LogP contribution in [0.1, 0.15) is 23.6 Å². The van der Waals surface area contributed by atoms with Crippen LogP contribution in [0.5, 0.6) is 0 Å². The SMILES string of the molecule is N#Cc1ccccc1N1CCC(NCCNC(=O)N2C(=O)OC[C@@H]2c2ccc(F)c(F)c2)C1. The van der Waals surface area contributed by atoms with E-state index in [1.54, 1.807) is 6.07 Å². The number of carbonyl (C=O) groups excluding carboxylic acids is 2. The van der Waals surface area contributed by atoms with Crippen LogP contribution < -0.4 is 15.5 Å². The maximum absolute atomic E-state index is 13.6. The lowest BCUT2D eigenvalue weighted by Crippen LogP contribution is -2.45. The molecule has 2 aromatic carbocycles. The Morgan fingerprint density at radius 1 is 1.18 bits per heavy atom. The maximum Gasteiger partial charge on any atom is 0.418 e. The summed E-state index contributed by atoms with van der Waals surface area (Å²) in [5, 5.41) is 15.3. The molecule has 0 aliphatic carbocycles. The Labute approximate surface area is 189 Å². The third-order valence-electron chi connectivity index (χ3n) is 5.81. The molecule has 10 heteroatoms. The van der Waals surface area contributed by atoms with Crippen molar-refractivity contribution in [1.29, 1.82) is 5.26 Å². The van der Waals surface area contributed by atoms with Crippen molar-refractivity contribution < 1.29 is 23.1 Å². The van der Waals surface area contributed by atoms with Crippen molar-refractivity contribution in [3.8, 4) is 6.07 Å². The maximum atomic E-state index is 13.6. The largest absolute Gasteiger partial charge is 0.446 e. The van der Waals surface area contributed by atoms with Gasteiger partial charge in [-0.25, -0.2) is 23.3 Å². The van der Waals surface area contributed by atoms with Crippen LogP contribution in [0.2, 0.25) is 0 Å². The van der Waals surface area contributed by atoms with Crippen LogP contribution in [0.3, 0.4) is 0 Å². The molecule has 172 valence electrons. The molecule has 2 atom stereocenters. The normalized spacial score (nSPS) is 20.0. The number of hydrogen-bond acceptors (Lipinski definition) is 6. The summed E-state index contributed by atoms with van der Waals surface area (Å²) < 4.78 is 31.8. The molecule has 4 rings (SSSR count). The van der Waals surface area contributed by atoms with Crippen LogP contribution in [0, 0.1) is 23.0 Å². The highest BCUT2D eigenvalue weighted by atomic mass is 19.2. The smallest absolute Gasteiger partial charge is 0.418 e. The van der Waals surface area contributed by atoms with Gasteiger partial charge in [0, 0.05) is 32.2 Å². The number of cyclic esters (lactones) is 1. The molecule has 2 N–H and O–H groups in total. The Balaban J connectivity index is 1.26. The summed E-state index contributed by atoms with van der Waals surface area (Å²) in [6, 6.07) is 11.6. The zero-order valence-corrected chi connectivity index (χ0v) is 17.8. The van der Waals surface area contributed by atoms with E-state index in [-0.39, 0.29) is 24.8 Å². The predicted octanol–water partition coefficient (Wildman–Crippen LogP) is 2.91. The van der Waals surface area contributed by atoms with E-state index >= 15 is 0 Å². The molecule has 2 fully saturated rings. The van der Waals surface area contributed by atoms with Crippen molar-refractivity contribution in [1.82, 2.24) is 15.5 Å². The van der Waals surface area contributed by atoms with Gasteiger partial charge in [-0.2, -0.15) is 5.26 Å². The summed E-state index contributed by atoms with van der Waals surface area (Å²) in [4.78, 5) is 27.7. The minimum Gasteiger partial charge on any atom is -0.446 e. The molecule has 3 amide bonds. The minimum absolute atomic E-state index is 0.127. The fourth-order valence-corrected chi connectivity index (χ4v) is 4.13. The first kappa shape index (κ1) is 22.5. The lowest BCUT2D eigenvalue weighted by Gasteiger charge is -2.21. The second kappa shape index (κ2) is 9.83. The van der Waals surface area contributed by atoms with Gasteiger partial charge in [-0.15, -0.1) is 0 Å². The van der Waals surface area contributed by atoms with Gasteiger partial charge in [-0.1, -0.05) is 18.2 Å². The fraction of sp³-hybridized carbons (Fsp3) is 0.348. The van der Waals surface area contributed by atoms with Gasteiger partial charge in [0.2, 0.25) is 0 Å². The molecule has 2 saturated heterocycles. The molecule has 0 spiro atoms. The van der Waals surface area contributed by atoms with Crippen molar-refractivity contribution in [3.05, 3.63) is 65.2 Å². The third-order valence-corrected chi connectivity index (χ3v) is 5.81. The van der Waals surface area contributed by atoms with Crippen LogP contribution in [0.4, 0.5) is 24.1 Å². The molecule has 2 aromatic rings. The van der Waals surface area contributed by atoms with E-state index in [1.165, 1.54) is 6.07 Å². The van der Waals surface area contributed by atoms with E-state index < -0.39 is 29.8 Å². The topological polar surface area (TPSA) is 97.7 Å². The average Bonchev–Trinajstić information content (AvgIpc) is 3.45. The summed E-state index contributed by atoms with van der Waals surface area (Å²) in [6.07, 6.45) is 0.0578. The Hall–Kier alpha value is -3.71. The van der Waals surface area contributed by atoms with Gasteiger partial charge in [0.05, 0.1) is 11.3 Å². The molecule has 0 saturated carbocycles. The van der Waals surface area contributed by atoms with Gasteiger partial charge in [-0.3, -0.25) is 0 Å². The number of anilines is 1. The Morgan fingerprint density at radius 3 is 2.79 bits per heavy atom. The molecule has 33 heavy (non-hydrogen) atoms. The second-order valence-electron chi connectivity index (χ2n) is 7.88. The van der Waals surface area contributed by atoms with Crippen LogP contribution in [0.25, 0.3) is 0 Å². The lowest BCUT2D eigenvalue weighted by molar-refractivity contribution is 0.158. The highest BCUT2D eigenvalue weighted by molar-refractivity contribution is 5.92. The quantitative estimate of drug-likeness (QED) is 0.650. The first-order valence-corrected chi connectivity index (χ1v) is 10.6. The average molecular weight is 455 g/mol. The van der Waals surface area contributed by atoms with E-state index in [0.29, 0.717) is 12.1 Å². The molecule has 1 unspecified atom stereocenters. The molecule has 0 aromatic heterocycles. The van der Waals surface area contributed by atoms with Crippen molar-refractivity contribution in [2.75, 3.05) is 37.7 Å². The number of imide groups is 1. The number of amides is 3. The number of carbonyl (C=O) groups is 2. The fourth-order valence-electron chi connectivity index (χ4n) is 4.13. The van der Waals surface area contributed by atoms with E-state index in [9.17, 15) is 23.6 Å². The van der Waals surface area contributed by atoms with Gasteiger partial charge in [0.25, 0.3) is 0 Å². The summed E-state index contributed by atoms with van der Waals surface area (Å²) >= 11 is 0. The van der Waals surface area contributed by atoms with Crippen LogP contribution in [-0.2, 0) is 4.74 Å². The van der Waals surface area contributed by atoms with Crippen LogP contribution >= 0.6 is 0 Å². The number of ether oxygens (including phenoxy) is 1. The monoisotopic (exact) mass is 455 g/mol. The Kier molecular flexibility index (Phi) is 6.70. The predicted molar refractivity (Wildman–Crippen MR) is 115 cm³/mol. The summed E-state index contributed by atoms with van der Waals surface area (Å²) in [5.41, 5.74) is 1.82. The molecule has 0 radical (unpaired) electrons. The molecular weight excluding hydrogens is 432 g/mol. The van der Waals surface area contributed by atoms with Gasteiger partial charge in [-0.05, 0) is 36.2 Å². The van der Waals surface area contributed by atoms with Crippen LogP contribution in [-0.4, -0.2) is 55.9 Å². The Bertz CT molecular complexity index is 1090. The number of nitrogens with one attached hydrogen (secondary N) is 2. The van der Waals surface area contributed by atoms with E-state index in [0.717, 1.165) is 42.2 Å². The van der Waals surface area contributed by atoms with E-state index in [1.807, 2.05) is 18.2 Å². The van der Waals surface area contributed by atoms with Gasteiger partial charge < -0.3 is 20.3 Å². The summed E-state index contributed by atoms with van der Waals surface area (Å²) in [7, 11) is 0. The number of benzene rings is 2. The zero-order valence-electron chi connectivity index (χ0n) is 17.8. The molecule has 2 aliphatic rings. The third kappa shape index (κ3) is 4.88. The van der Waals surface area contributed by atoms with Crippen molar-refractivity contribution >= 4 is 17.8 Å². The van der Waals surface area contributed by atoms with Crippen molar-refractivity contribution in [2.45, 2.75) is 18.5 Å². The van der Waals surface area contributed by atoms with Gasteiger partial charge in [0.1, 0.15) is 18.7 Å². The molecule has 2 heterocycles. The molecule has 2 aliphatic heterocycles. The highest BCUT2D eigenvalue weighted by Gasteiger charge is 2.39. The van der Waals surface area contributed by atoms with Crippen molar-refractivity contribution in [2.24, 2.45) is 0 Å². The Morgan fingerprint density at radius 2 is 2.00 bits per heavy atom. The standard InChI is InChI=1S/C23H23F2N5O3/c24-18-6-5-15(11-19(18)25)21-14-33-23(32)30(21)22(31)28-9-8-27-17-7-10-29(13-17)20-4-2-1-3-16(20)12-26/h1-6,11,17,21,27H,7-10,13-14H2,(H,28,31)/t17?,21-/m1/s1. The van der Waals surface area contributed by atoms with Gasteiger partial charge >= 0.3 is 12.1 Å². The van der Waals surface area contributed by atoms with Gasteiger partial charge in [0.15, 0.2) is 11.6 Å². The first-order valence-electron chi connectivity index (χ1n) is 10.6. The van der Waals surface area contributed by atoms with E-state index in [4.69, 9.17) is 4.74 Å². The highest BCUT2D eigenvalue weighted by Crippen LogP contribution is 2.29. The zero-order chi connectivity index (χ0) is 23.4. The second-order valence-corrected chi connectivity index (χ2v) is 7.88. The number of para-hydroxylation sites is 1. The number of hydrogen-bond donors (Lipinski definition) is 2. The molecule has 8 nitrogen and oxygen atoms in total. The summed E-state index contributed by atoms with van der Waals surface area (Å²) in [6.45, 7) is 2.17. The number of halogens is 2. The number of nitriles is 1. The first-order chi connectivity index (χ1) is 16.0. The molecule has 0 bridgehead atoms. The molecular formula is C23H23F2N5O3. The number of rotatable bonds is 6. The number of urea groups is 1. The van der Waals surface area contributed by atoms with Crippen LogP contribution in [0.15, 0.2) is 42.5 Å². The number of nitrogens with zero attached hydrogens (tertiary/aromatic N) is 3. The summed E-state index contributed by atoms with van der Waals surface area (Å²) in [5.74, 6) is -2.06.